The molecule has 1 unspecified atom stereocenters. The molecule has 2 aromatic carbocycles. The number of amides is 2. The molecule has 2 saturated heterocycles. The standard InChI is InChI=1S/C22H26FN3O2/c23-20-8-4-5-9-21(20)28-19-15-26(16-19)22(27)24-12-18-10-11-25(14-18)13-17-6-2-1-3-7-17/h1-9,18-19H,10-16H2,(H,24,27). The maximum atomic E-state index is 13.6. The van der Waals surface area contributed by atoms with Gasteiger partial charge in [0, 0.05) is 19.6 Å². The van der Waals surface area contributed by atoms with Crippen LogP contribution in [-0.2, 0) is 6.54 Å². The number of carbonyl (C=O) groups excluding carboxylic acids is 1. The van der Waals surface area contributed by atoms with E-state index in [0.717, 1.165) is 26.1 Å². The van der Waals surface area contributed by atoms with Crippen molar-refractivity contribution in [3.8, 4) is 5.75 Å². The Balaban J connectivity index is 1.15. The van der Waals surface area contributed by atoms with Gasteiger partial charge in [0.2, 0.25) is 0 Å². The van der Waals surface area contributed by atoms with Crippen LogP contribution in [0.15, 0.2) is 54.6 Å². The first-order valence-corrected chi connectivity index (χ1v) is 9.87. The topological polar surface area (TPSA) is 44.8 Å². The van der Waals surface area contributed by atoms with Crippen molar-refractivity contribution in [2.75, 3.05) is 32.7 Å². The molecule has 2 aromatic rings. The van der Waals surface area contributed by atoms with Crippen LogP contribution in [0.3, 0.4) is 0 Å². The Morgan fingerprint density at radius 3 is 2.61 bits per heavy atom. The van der Waals surface area contributed by atoms with Gasteiger partial charge in [0.1, 0.15) is 6.10 Å². The maximum absolute atomic E-state index is 13.6. The lowest BCUT2D eigenvalue weighted by Gasteiger charge is -2.39. The molecule has 0 aromatic heterocycles. The molecule has 148 valence electrons. The van der Waals surface area contributed by atoms with E-state index in [1.54, 1.807) is 23.1 Å². The zero-order valence-corrected chi connectivity index (χ0v) is 15.9. The number of carbonyl (C=O) groups is 1. The number of hydrogen-bond donors (Lipinski definition) is 1. The van der Waals surface area contributed by atoms with E-state index < -0.39 is 0 Å². The molecule has 5 nitrogen and oxygen atoms in total. The molecule has 0 radical (unpaired) electrons. The SMILES string of the molecule is O=C(NCC1CCN(Cc2ccccc2)C1)N1CC(Oc2ccccc2F)C1. The predicted octanol–water partition coefficient (Wildman–Crippen LogP) is 3.12. The molecule has 2 amide bonds. The van der Waals surface area contributed by atoms with Crippen molar-refractivity contribution >= 4 is 6.03 Å². The van der Waals surface area contributed by atoms with Gasteiger partial charge >= 0.3 is 6.03 Å². The first kappa shape index (κ1) is 18.7. The highest BCUT2D eigenvalue weighted by Crippen LogP contribution is 2.22. The third kappa shape index (κ3) is 4.62. The second kappa shape index (κ2) is 8.61. The minimum absolute atomic E-state index is 0.0603. The van der Waals surface area contributed by atoms with Gasteiger partial charge in [0.05, 0.1) is 13.1 Å². The minimum atomic E-state index is -0.369. The van der Waals surface area contributed by atoms with Gasteiger partial charge in [0.15, 0.2) is 11.6 Å². The molecule has 0 spiro atoms. The molecule has 4 rings (SSSR count). The van der Waals surface area contributed by atoms with Crippen molar-refractivity contribution in [3.05, 3.63) is 66.0 Å². The van der Waals surface area contributed by atoms with Crippen molar-refractivity contribution in [3.63, 3.8) is 0 Å². The van der Waals surface area contributed by atoms with Gasteiger partial charge in [-0.3, -0.25) is 4.90 Å². The molecule has 0 aliphatic carbocycles. The normalized spacial score (nSPS) is 20.0. The Morgan fingerprint density at radius 2 is 1.82 bits per heavy atom. The van der Waals surface area contributed by atoms with Crippen LogP contribution in [-0.4, -0.2) is 54.7 Å². The molecular weight excluding hydrogens is 357 g/mol. The Bertz CT molecular complexity index is 795. The number of nitrogens with zero attached hydrogens (tertiary/aromatic N) is 2. The van der Waals surface area contributed by atoms with E-state index in [9.17, 15) is 9.18 Å². The fourth-order valence-electron chi connectivity index (χ4n) is 3.81. The monoisotopic (exact) mass is 383 g/mol. The fraction of sp³-hybridized carbons (Fsp3) is 0.409. The van der Waals surface area contributed by atoms with Crippen molar-refractivity contribution in [2.45, 2.75) is 19.1 Å². The van der Waals surface area contributed by atoms with Gasteiger partial charge in [-0.05, 0) is 36.6 Å². The molecule has 2 fully saturated rings. The van der Waals surface area contributed by atoms with E-state index in [1.807, 2.05) is 6.07 Å². The predicted molar refractivity (Wildman–Crippen MR) is 106 cm³/mol. The summed E-state index contributed by atoms with van der Waals surface area (Å²) in [6.07, 6.45) is 0.960. The molecule has 0 saturated carbocycles. The van der Waals surface area contributed by atoms with Crippen LogP contribution in [0.1, 0.15) is 12.0 Å². The summed E-state index contributed by atoms with van der Waals surface area (Å²) >= 11 is 0. The summed E-state index contributed by atoms with van der Waals surface area (Å²) in [5.74, 6) is 0.364. The van der Waals surface area contributed by atoms with Crippen LogP contribution in [0, 0.1) is 11.7 Å². The fourth-order valence-corrected chi connectivity index (χ4v) is 3.81. The first-order chi connectivity index (χ1) is 13.7. The van der Waals surface area contributed by atoms with Crippen LogP contribution in [0.4, 0.5) is 9.18 Å². The second-order valence-corrected chi connectivity index (χ2v) is 7.64. The minimum Gasteiger partial charge on any atom is -0.484 e. The summed E-state index contributed by atoms with van der Waals surface area (Å²) in [6.45, 7) is 4.72. The molecule has 2 heterocycles. The largest absolute Gasteiger partial charge is 0.484 e. The zero-order valence-electron chi connectivity index (χ0n) is 15.9. The van der Waals surface area contributed by atoms with Crippen molar-refractivity contribution in [2.24, 2.45) is 5.92 Å². The van der Waals surface area contributed by atoms with E-state index in [4.69, 9.17) is 4.74 Å². The van der Waals surface area contributed by atoms with E-state index in [1.165, 1.54) is 11.6 Å². The highest BCUT2D eigenvalue weighted by atomic mass is 19.1. The van der Waals surface area contributed by atoms with E-state index >= 15 is 0 Å². The van der Waals surface area contributed by atoms with Crippen LogP contribution in [0.25, 0.3) is 0 Å². The van der Waals surface area contributed by atoms with Crippen LogP contribution in [0.5, 0.6) is 5.75 Å². The van der Waals surface area contributed by atoms with E-state index in [2.05, 4.69) is 34.5 Å². The van der Waals surface area contributed by atoms with Crippen LogP contribution in [0.2, 0.25) is 0 Å². The number of halogens is 1. The van der Waals surface area contributed by atoms with Gasteiger partial charge in [-0.15, -0.1) is 0 Å². The van der Waals surface area contributed by atoms with Crippen molar-refractivity contribution < 1.29 is 13.9 Å². The summed E-state index contributed by atoms with van der Waals surface area (Å²) in [4.78, 5) is 16.4. The third-order valence-corrected chi connectivity index (χ3v) is 5.43. The van der Waals surface area contributed by atoms with Gasteiger partial charge in [0.25, 0.3) is 0 Å². The van der Waals surface area contributed by atoms with Gasteiger partial charge in [-0.2, -0.15) is 0 Å². The molecule has 1 atom stereocenters. The first-order valence-electron chi connectivity index (χ1n) is 9.87. The summed E-state index contributed by atoms with van der Waals surface area (Å²) in [7, 11) is 0. The number of hydrogen-bond acceptors (Lipinski definition) is 3. The summed E-state index contributed by atoms with van der Waals surface area (Å²) in [5.41, 5.74) is 1.33. The lowest BCUT2D eigenvalue weighted by molar-refractivity contribution is 0.0416. The second-order valence-electron chi connectivity index (χ2n) is 7.64. The number of rotatable bonds is 6. The zero-order chi connectivity index (χ0) is 19.3. The third-order valence-electron chi connectivity index (χ3n) is 5.43. The van der Waals surface area contributed by atoms with Crippen molar-refractivity contribution in [1.29, 1.82) is 0 Å². The number of ether oxygens (including phenoxy) is 1. The Hall–Kier alpha value is -2.60. The average molecular weight is 383 g/mol. The number of urea groups is 1. The molecule has 2 aliphatic heterocycles. The molecule has 6 heteroatoms. The van der Waals surface area contributed by atoms with E-state index in [-0.39, 0.29) is 23.7 Å². The highest BCUT2D eigenvalue weighted by Gasteiger charge is 2.33. The Labute approximate surface area is 165 Å². The van der Waals surface area contributed by atoms with Crippen LogP contribution >= 0.6 is 0 Å². The molecule has 2 aliphatic rings. The Kier molecular flexibility index (Phi) is 5.76. The molecular formula is C22H26FN3O2. The highest BCUT2D eigenvalue weighted by molar-refractivity contribution is 5.75. The summed E-state index contributed by atoms with van der Waals surface area (Å²) in [5, 5.41) is 3.04. The molecule has 0 bridgehead atoms. The summed E-state index contributed by atoms with van der Waals surface area (Å²) in [6, 6.07) is 16.8. The summed E-state index contributed by atoms with van der Waals surface area (Å²) < 4.78 is 19.2. The number of likely N-dealkylation sites (tertiary alicyclic amines) is 2. The maximum Gasteiger partial charge on any atom is 0.317 e. The number of nitrogens with one attached hydrogen (secondary N) is 1. The van der Waals surface area contributed by atoms with E-state index in [0.29, 0.717) is 25.6 Å². The number of benzene rings is 2. The Morgan fingerprint density at radius 1 is 1.07 bits per heavy atom. The lowest BCUT2D eigenvalue weighted by Crippen LogP contribution is -2.59. The number of para-hydroxylation sites is 1. The average Bonchev–Trinajstić information content (AvgIpc) is 3.12. The lowest BCUT2D eigenvalue weighted by atomic mass is 10.1. The molecule has 28 heavy (non-hydrogen) atoms. The van der Waals surface area contributed by atoms with Gasteiger partial charge in [-0.25, -0.2) is 9.18 Å². The molecule has 1 N–H and O–H groups in total. The van der Waals surface area contributed by atoms with Gasteiger partial charge < -0.3 is 15.0 Å². The quantitative estimate of drug-likeness (QED) is 0.834. The van der Waals surface area contributed by atoms with Crippen LogP contribution < -0.4 is 10.1 Å². The van der Waals surface area contributed by atoms with Crippen molar-refractivity contribution in [1.82, 2.24) is 15.1 Å². The van der Waals surface area contributed by atoms with Gasteiger partial charge in [-0.1, -0.05) is 42.5 Å². The smallest absolute Gasteiger partial charge is 0.317 e.